The fourth-order valence-electron chi connectivity index (χ4n) is 4.88. The molecule has 3 atom stereocenters. The number of ether oxygens (including phenoxy) is 1. The Balaban J connectivity index is 0.000000505. The summed E-state index contributed by atoms with van der Waals surface area (Å²) in [6.07, 6.45) is 1.55. The summed E-state index contributed by atoms with van der Waals surface area (Å²) in [5.74, 6) is -2.53. The van der Waals surface area contributed by atoms with E-state index in [-0.39, 0.29) is 12.4 Å². The number of β-amino-alcohol motifs (C(OH)–C–C–N with tert-alkyl or cyclic N) is 1. The van der Waals surface area contributed by atoms with Crippen LogP contribution in [-0.4, -0.2) is 69.0 Å². The minimum atomic E-state index is -1.82. The van der Waals surface area contributed by atoms with Gasteiger partial charge in [0.15, 0.2) is 0 Å². The van der Waals surface area contributed by atoms with E-state index >= 15 is 0 Å². The van der Waals surface area contributed by atoms with Gasteiger partial charge in [-0.1, -0.05) is 12.1 Å². The van der Waals surface area contributed by atoms with Crippen LogP contribution in [0.3, 0.4) is 0 Å². The Kier molecular flexibility index (Phi) is 8.65. The lowest BCUT2D eigenvalue weighted by Gasteiger charge is -2.38. The second kappa shape index (κ2) is 11.9. The average molecular weight is 543 g/mol. The van der Waals surface area contributed by atoms with Gasteiger partial charge in [-0.25, -0.2) is 14.0 Å². The summed E-state index contributed by atoms with van der Waals surface area (Å²) >= 11 is 1.71. The number of aliphatic hydroxyl groups excluding tert-OH is 1. The number of hydrogen-bond acceptors (Lipinski definition) is 6. The van der Waals surface area contributed by atoms with Crippen LogP contribution in [0.1, 0.15) is 36.3 Å². The van der Waals surface area contributed by atoms with E-state index in [1.54, 1.807) is 17.4 Å². The van der Waals surface area contributed by atoms with Crippen LogP contribution < -0.4 is 4.74 Å². The fraction of sp³-hybridized carbons (Fsp3) is 0.357. The van der Waals surface area contributed by atoms with E-state index in [0.717, 1.165) is 51.8 Å². The highest BCUT2D eigenvalue weighted by molar-refractivity contribution is 7.19. The second-order valence-corrected chi connectivity index (χ2v) is 10.8. The van der Waals surface area contributed by atoms with Crippen molar-refractivity contribution >= 4 is 44.3 Å². The molecule has 2 aromatic heterocycles. The Morgan fingerprint density at radius 1 is 1.18 bits per heavy atom. The number of nitrogens with zero attached hydrogens (tertiary/aromatic N) is 1. The number of benzene rings is 2. The molecule has 0 saturated carbocycles. The Morgan fingerprint density at radius 2 is 1.95 bits per heavy atom. The third kappa shape index (κ3) is 6.69. The molecule has 0 radical (unpaired) electrons. The Hall–Kier alpha value is -3.47. The number of rotatable bonds is 6. The Morgan fingerprint density at radius 3 is 2.66 bits per heavy atom. The molecule has 1 fully saturated rings. The number of aliphatic carboxylic acids is 2. The number of aromatic nitrogens is 1. The number of piperidine rings is 1. The summed E-state index contributed by atoms with van der Waals surface area (Å²) in [5.41, 5.74) is 2.14. The van der Waals surface area contributed by atoms with Crippen LogP contribution in [0.5, 0.6) is 5.75 Å². The lowest BCUT2D eigenvalue weighted by Crippen LogP contribution is -2.45. The number of thiophene rings is 1. The topological polar surface area (TPSA) is 123 Å². The van der Waals surface area contributed by atoms with Gasteiger partial charge in [0.25, 0.3) is 0 Å². The molecule has 202 valence electrons. The maximum Gasteiger partial charge on any atom is 0.414 e. The van der Waals surface area contributed by atoms with E-state index in [0.29, 0.717) is 18.5 Å². The molecular formula is C28H31FN2O6S. The molecule has 0 aliphatic carbocycles. The van der Waals surface area contributed by atoms with E-state index in [4.69, 9.17) is 24.5 Å². The van der Waals surface area contributed by atoms with Gasteiger partial charge in [-0.15, -0.1) is 11.3 Å². The van der Waals surface area contributed by atoms with Gasteiger partial charge < -0.3 is 25.0 Å². The lowest BCUT2D eigenvalue weighted by atomic mass is 9.90. The molecule has 4 N–H and O–H groups in total. The molecule has 38 heavy (non-hydrogen) atoms. The molecule has 1 saturated heterocycles. The van der Waals surface area contributed by atoms with Crippen molar-refractivity contribution in [1.82, 2.24) is 9.88 Å². The number of aryl methyl sites for hydroxylation is 1. The minimum Gasteiger partial charge on any atom is -0.490 e. The molecule has 1 aliphatic rings. The first-order chi connectivity index (χ1) is 18.1. The van der Waals surface area contributed by atoms with Crippen LogP contribution in [0.15, 0.2) is 48.5 Å². The molecule has 3 heterocycles. The van der Waals surface area contributed by atoms with E-state index in [1.807, 2.05) is 31.2 Å². The maximum absolute atomic E-state index is 13.5. The summed E-state index contributed by atoms with van der Waals surface area (Å²) in [6.45, 7) is 6.08. The number of halogens is 1. The van der Waals surface area contributed by atoms with Gasteiger partial charge >= 0.3 is 11.9 Å². The van der Waals surface area contributed by atoms with Crippen molar-refractivity contribution in [3.63, 3.8) is 0 Å². The van der Waals surface area contributed by atoms with Crippen molar-refractivity contribution in [2.75, 3.05) is 19.7 Å². The van der Waals surface area contributed by atoms with Gasteiger partial charge in [0.05, 0.1) is 0 Å². The summed E-state index contributed by atoms with van der Waals surface area (Å²) < 4.78 is 20.5. The largest absolute Gasteiger partial charge is 0.490 e. The van der Waals surface area contributed by atoms with Crippen LogP contribution in [0.4, 0.5) is 4.39 Å². The molecule has 0 spiro atoms. The number of H-pyrrole nitrogens is 1. The number of carboxylic acids is 2. The summed E-state index contributed by atoms with van der Waals surface area (Å²) in [6, 6.07) is 15.7. The first-order valence-corrected chi connectivity index (χ1v) is 13.2. The zero-order valence-electron chi connectivity index (χ0n) is 21.2. The number of carbonyl (C=O) groups is 2. The Bertz CT molecular complexity index is 1420. The first kappa shape index (κ1) is 27.6. The molecular weight excluding hydrogens is 511 g/mol. The third-order valence-electron chi connectivity index (χ3n) is 6.74. The van der Waals surface area contributed by atoms with Gasteiger partial charge in [0.2, 0.25) is 0 Å². The number of hydrogen-bond donors (Lipinski definition) is 4. The molecule has 5 rings (SSSR count). The van der Waals surface area contributed by atoms with Crippen molar-refractivity contribution in [2.45, 2.75) is 44.8 Å². The highest BCUT2D eigenvalue weighted by atomic mass is 32.1. The highest BCUT2D eigenvalue weighted by Gasteiger charge is 2.29. The van der Waals surface area contributed by atoms with Crippen LogP contribution in [0, 0.1) is 12.7 Å². The normalized spacial score (nSPS) is 18.6. The zero-order chi connectivity index (χ0) is 27.4. The van der Waals surface area contributed by atoms with E-state index in [1.165, 1.54) is 10.9 Å². The number of aliphatic hydroxyl groups is 1. The molecule has 2 aromatic carbocycles. The Labute approximate surface area is 223 Å². The third-order valence-corrected chi connectivity index (χ3v) is 8.00. The lowest BCUT2D eigenvalue weighted by molar-refractivity contribution is -0.159. The molecule has 8 nitrogen and oxygen atoms in total. The molecule has 10 heteroatoms. The van der Waals surface area contributed by atoms with Gasteiger partial charge in [-0.05, 0) is 80.9 Å². The predicted octanol–water partition coefficient (Wildman–Crippen LogP) is 4.99. The van der Waals surface area contributed by atoms with Gasteiger partial charge in [0, 0.05) is 38.8 Å². The standard InChI is InChI=1S/C26H29FN2O2S.C2H2O4/c1-16-10-22-23(28-16)4-3-5-24(22)31-15-21(30)14-29-9-8-19(11-17(29)2)25-12-18-6-7-20(27)13-26(18)32-25;3-1(4)2(5)6/h3-7,10,12-13,17,19,21,28,30H,8-9,11,14-15H2,1-2H3;(H,3,4)(H,5,6)/t17-,19-,21-;/m0./s1. The predicted molar refractivity (Wildman–Crippen MR) is 145 cm³/mol. The van der Waals surface area contributed by atoms with E-state index < -0.39 is 18.0 Å². The van der Waals surface area contributed by atoms with Gasteiger partial charge in [-0.3, -0.25) is 4.90 Å². The number of aromatic amines is 1. The number of nitrogens with one attached hydrogen (secondary N) is 1. The second-order valence-electron chi connectivity index (χ2n) is 9.64. The molecule has 1 aliphatic heterocycles. The van der Waals surface area contributed by atoms with Crippen molar-refractivity contribution in [2.24, 2.45) is 0 Å². The van der Waals surface area contributed by atoms with Gasteiger partial charge in [-0.2, -0.15) is 0 Å². The summed E-state index contributed by atoms with van der Waals surface area (Å²) in [5, 5.41) is 27.6. The maximum atomic E-state index is 13.5. The highest BCUT2D eigenvalue weighted by Crippen LogP contribution is 2.38. The van der Waals surface area contributed by atoms with Crippen molar-refractivity contribution in [1.29, 1.82) is 0 Å². The van der Waals surface area contributed by atoms with Crippen LogP contribution in [-0.2, 0) is 9.59 Å². The number of likely N-dealkylation sites (tertiary alicyclic amines) is 1. The fourth-order valence-corrected chi connectivity index (χ4v) is 6.12. The van der Waals surface area contributed by atoms with Gasteiger partial charge in [0.1, 0.15) is 24.3 Å². The molecule has 4 aromatic rings. The minimum absolute atomic E-state index is 0.173. The van der Waals surface area contributed by atoms with Crippen LogP contribution >= 0.6 is 11.3 Å². The van der Waals surface area contributed by atoms with E-state index in [9.17, 15) is 9.50 Å². The summed E-state index contributed by atoms with van der Waals surface area (Å²) in [7, 11) is 0. The molecule has 0 unspecified atom stereocenters. The average Bonchev–Trinajstić information content (AvgIpc) is 3.46. The van der Waals surface area contributed by atoms with E-state index in [2.05, 4.69) is 28.9 Å². The quantitative estimate of drug-likeness (QED) is 0.253. The van der Waals surface area contributed by atoms with Crippen molar-refractivity contribution < 1.29 is 34.0 Å². The first-order valence-electron chi connectivity index (χ1n) is 12.4. The number of carboxylic acid groups (broad SMARTS) is 2. The molecule has 0 amide bonds. The summed E-state index contributed by atoms with van der Waals surface area (Å²) in [4.78, 5) is 25.2. The van der Waals surface area contributed by atoms with Crippen molar-refractivity contribution in [3.05, 3.63) is 64.9 Å². The molecule has 0 bridgehead atoms. The van der Waals surface area contributed by atoms with Crippen LogP contribution in [0.25, 0.3) is 21.0 Å². The zero-order valence-corrected chi connectivity index (χ0v) is 22.0. The SMILES string of the molecule is Cc1cc2c(OC[C@@H](O)CN3CC[C@H](c4cc5ccc(F)cc5s4)C[C@@H]3C)cccc2[nH]1.O=C(O)C(=O)O. The number of fused-ring (bicyclic) bond motifs is 2. The monoisotopic (exact) mass is 542 g/mol. The smallest absolute Gasteiger partial charge is 0.414 e. The van der Waals surface area contributed by atoms with Crippen LogP contribution in [0.2, 0.25) is 0 Å². The van der Waals surface area contributed by atoms with Crippen molar-refractivity contribution in [3.8, 4) is 5.75 Å².